The van der Waals surface area contributed by atoms with Gasteiger partial charge in [-0.3, -0.25) is 9.40 Å². The second-order valence-electron chi connectivity index (χ2n) is 6.44. The molecule has 7 nitrogen and oxygen atoms in total. The molecule has 2 aromatic rings. The van der Waals surface area contributed by atoms with Gasteiger partial charge in [0.25, 0.3) is 10.0 Å². The molecule has 0 atom stereocenters. The van der Waals surface area contributed by atoms with E-state index in [1.807, 2.05) is 0 Å². The van der Waals surface area contributed by atoms with Crippen LogP contribution in [0, 0.1) is 6.92 Å². The predicted molar refractivity (Wildman–Crippen MR) is 93.4 cm³/mol. The van der Waals surface area contributed by atoms with Crippen molar-refractivity contribution in [2.45, 2.75) is 43.4 Å². The van der Waals surface area contributed by atoms with Gasteiger partial charge in [-0.25, -0.2) is 13.2 Å². The highest BCUT2D eigenvalue weighted by atomic mass is 32.2. The first-order chi connectivity index (χ1) is 11.8. The maximum Gasteiger partial charge on any atom is 0.337 e. The van der Waals surface area contributed by atoms with Gasteiger partial charge in [0.05, 0.1) is 16.9 Å². The molecule has 0 spiro atoms. The van der Waals surface area contributed by atoms with Crippen LogP contribution in [0.25, 0.3) is 0 Å². The van der Waals surface area contributed by atoms with E-state index in [9.17, 15) is 18.3 Å². The molecule has 2 N–H and O–H groups in total. The third-order valence-electron chi connectivity index (χ3n) is 4.59. The van der Waals surface area contributed by atoms with Gasteiger partial charge < -0.3 is 5.11 Å². The summed E-state index contributed by atoms with van der Waals surface area (Å²) < 4.78 is 29.9. The zero-order chi connectivity index (χ0) is 18.2. The van der Waals surface area contributed by atoms with Crippen molar-refractivity contribution in [1.29, 1.82) is 0 Å². The lowest BCUT2D eigenvalue weighted by Crippen LogP contribution is -2.18. The van der Waals surface area contributed by atoms with Crippen molar-refractivity contribution in [3.8, 4) is 0 Å². The molecule has 0 unspecified atom stereocenters. The summed E-state index contributed by atoms with van der Waals surface area (Å²) in [6.45, 7) is 1.67. The van der Waals surface area contributed by atoms with Crippen LogP contribution >= 0.6 is 0 Å². The number of sulfonamides is 1. The highest BCUT2D eigenvalue weighted by Crippen LogP contribution is 2.37. The molecule has 1 aliphatic rings. The number of benzene rings is 1. The van der Waals surface area contributed by atoms with Gasteiger partial charge in [-0.2, -0.15) is 5.10 Å². The summed E-state index contributed by atoms with van der Waals surface area (Å²) >= 11 is 0. The number of para-hydroxylation sites is 1. The minimum absolute atomic E-state index is 0.0742. The molecule has 1 saturated carbocycles. The largest absolute Gasteiger partial charge is 0.478 e. The topological polar surface area (TPSA) is 101 Å². The molecule has 3 rings (SSSR count). The van der Waals surface area contributed by atoms with E-state index in [2.05, 4.69) is 9.82 Å². The SMILES string of the molecule is Cc1cccc(C(=O)O)c1NS(=O)(=O)c1cn(C)nc1C1CCCC1. The van der Waals surface area contributed by atoms with Gasteiger partial charge in [-0.1, -0.05) is 25.0 Å². The van der Waals surface area contributed by atoms with Gasteiger partial charge in [-0.15, -0.1) is 0 Å². The fourth-order valence-corrected chi connectivity index (χ4v) is 4.77. The number of aromatic carboxylic acids is 1. The molecule has 1 heterocycles. The molecule has 134 valence electrons. The molecule has 0 aliphatic heterocycles. The van der Waals surface area contributed by atoms with Crippen molar-refractivity contribution in [2.24, 2.45) is 7.05 Å². The predicted octanol–water partition coefficient (Wildman–Crippen LogP) is 2.89. The standard InChI is InChI=1S/C17H21N3O4S/c1-11-6-5-9-13(17(21)22)15(11)19-25(23,24)14-10-20(2)18-16(14)12-7-3-4-8-12/h5-6,9-10,12,19H,3-4,7-8H2,1-2H3,(H,21,22). The van der Waals surface area contributed by atoms with Crippen LogP contribution in [-0.2, 0) is 17.1 Å². The number of rotatable bonds is 5. The quantitative estimate of drug-likeness (QED) is 0.850. The van der Waals surface area contributed by atoms with Crippen LogP contribution in [0.5, 0.6) is 0 Å². The zero-order valence-electron chi connectivity index (χ0n) is 14.2. The third kappa shape index (κ3) is 3.39. The molecule has 0 saturated heterocycles. The number of anilines is 1. The first-order valence-corrected chi connectivity index (χ1v) is 9.67. The maximum atomic E-state index is 13.0. The molecule has 1 aromatic carbocycles. The number of carboxylic acid groups (broad SMARTS) is 1. The Hall–Kier alpha value is -2.35. The lowest BCUT2D eigenvalue weighted by molar-refractivity contribution is 0.0698. The van der Waals surface area contributed by atoms with Crippen molar-refractivity contribution in [2.75, 3.05) is 4.72 Å². The fraction of sp³-hybridized carbons (Fsp3) is 0.412. The Labute approximate surface area is 146 Å². The van der Waals surface area contributed by atoms with Crippen molar-refractivity contribution >= 4 is 21.7 Å². The van der Waals surface area contributed by atoms with Crippen LogP contribution in [0.4, 0.5) is 5.69 Å². The van der Waals surface area contributed by atoms with E-state index >= 15 is 0 Å². The number of nitrogens with zero attached hydrogens (tertiary/aromatic N) is 2. The van der Waals surface area contributed by atoms with Crippen molar-refractivity contribution in [3.63, 3.8) is 0 Å². The summed E-state index contributed by atoms with van der Waals surface area (Å²) in [4.78, 5) is 11.6. The number of aryl methyl sites for hydroxylation is 2. The summed E-state index contributed by atoms with van der Waals surface area (Å²) in [5.74, 6) is -1.05. The number of hydrogen-bond donors (Lipinski definition) is 2. The Balaban J connectivity index is 2.03. The first kappa shape index (κ1) is 17.5. The van der Waals surface area contributed by atoms with E-state index < -0.39 is 16.0 Å². The highest BCUT2D eigenvalue weighted by molar-refractivity contribution is 7.92. The zero-order valence-corrected chi connectivity index (χ0v) is 15.0. The number of carboxylic acids is 1. The van der Waals surface area contributed by atoms with Crippen LogP contribution in [0.2, 0.25) is 0 Å². The minimum Gasteiger partial charge on any atom is -0.478 e. The fourth-order valence-electron chi connectivity index (χ4n) is 3.34. The number of hydrogen-bond acceptors (Lipinski definition) is 4. The van der Waals surface area contributed by atoms with E-state index in [1.165, 1.54) is 16.9 Å². The van der Waals surface area contributed by atoms with Gasteiger partial charge in [-0.05, 0) is 31.4 Å². The normalized spacial score (nSPS) is 15.4. The van der Waals surface area contributed by atoms with Gasteiger partial charge in [0, 0.05) is 19.2 Å². The van der Waals surface area contributed by atoms with E-state index in [-0.39, 0.29) is 22.1 Å². The van der Waals surface area contributed by atoms with Crippen LogP contribution in [0.15, 0.2) is 29.3 Å². The van der Waals surface area contributed by atoms with Crippen molar-refractivity contribution in [3.05, 3.63) is 41.2 Å². The smallest absolute Gasteiger partial charge is 0.337 e. The molecule has 0 amide bonds. The maximum absolute atomic E-state index is 13.0. The van der Waals surface area contributed by atoms with Gasteiger partial charge in [0.2, 0.25) is 0 Å². The summed E-state index contributed by atoms with van der Waals surface area (Å²) in [7, 11) is -2.25. The first-order valence-electron chi connectivity index (χ1n) is 8.19. The summed E-state index contributed by atoms with van der Waals surface area (Å²) in [6.07, 6.45) is 5.45. The van der Waals surface area contributed by atoms with Crippen LogP contribution < -0.4 is 4.72 Å². The van der Waals surface area contributed by atoms with E-state index in [0.29, 0.717) is 11.3 Å². The summed E-state index contributed by atoms with van der Waals surface area (Å²) in [5.41, 5.74) is 1.14. The Kier molecular flexibility index (Phi) is 4.55. The number of aromatic nitrogens is 2. The third-order valence-corrected chi connectivity index (χ3v) is 5.96. The van der Waals surface area contributed by atoms with Crippen LogP contribution in [0.1, 0.15) is 53.2 Å². The highest BCUT2D eigenvalue weighted by Gasteiger charge is 2.30. The molecular formula is C17H21N3O4S. The summed E-state index contributed by atoms with van der Waals surface area (Å²) in [6, 6.07) is 4.64. The minimum atomic E-state index is -3.94. The van der Waals surface area contributed by atoms with E-state index in [0.717, 1.165) is 25.7 Å². The van der Waals surface area contributed by atoms with E-state index in [4.69, 9.17) is 0 Å². The van der Waals surface area contributed by atoms with Crippen LogP contribution in [0.3, 0.4) is 0 Å². The van der Waals surface area contributed by atoms with Gasteiger partial charge in [0.1, 0.15) is 4.90 Å². The second kappa shape index (κ2) is 6.51. The molecule has 0 bridgehead atoms. The Morgan fingerprint density at radius 3 is 2.64 bits per heavy atom. The van der Waals surface area contributed by atoms with Crippen molar-refractivity contribution < 1.29 is 18.3 Å². The molecule has 25 heavy (non-hydrogen) atoms. The van der Waals surface area contributed by atoms with Gasteiger partial charge >= 0.3 is 5.97 Å². The average molecular weight is 363 g/mol. The van der Waals surface area contributed by atoms with Crippen molar-refractivity contribution in [1.82, 2.24) is 9.78 Å². The Morgan fingerprint density at radius 1 is 1.32 bits per heavy atom. The lowest BCUT2D eigenvalue weighted by atomic mass is 10.1. The molecule has 8 heteroatoms. The number of nitrogens with one attached hydrogen (secondary N) is 1. The molecular weight excluding hydrogens is 342 g/mol. The molecule has 1 aromatic heterocycles. The number of carbonyl (C=O) groups is 1. The molecule has 1 aliphatic carbocycles. The summed E-state index contributed by atoms with van der Waals surface area (Å²) in [5, 5.41) is 13.7. The van der Waals surface area contributed by atoms with Gasteiger partial charge in [0.15, 0.2) is 0 Å². The lowest BCUT2D eigenvalue weighted by Gasteiger charge is -2.14. The monoisotopic (exact) mass is 363 g/mol. The second-order valence-corrected chi connectivity index (χ2v) is 8.09. The molecule has 1 fully saturated rings. The Morgan fingerprint density at radius 2 is 2.00 bits per heavy atom. The average Bonchev–Trinajstić information content (AvgIpc) is 3.18. The van der Waals surface area contributed by atoms with E-state index in [1.54, 1.807) is 26.1 Å². The molecule has 0 radical (unpaired) electrons. The Bertz CT molecular complexity index is 912. The van der Waals surface area contributed by atoms with Crippen LogP contribution in [-0.4, -0.2) is 29.3 Å².